The van der Waals surface area contributed by atoms with Gasteiger partial charge in [-0.3, -0.25) is 0 Å². The van der Waals surface area contributed by atoms with Gasteiger partial charge in [0.2, 0.25) is 0 Å². The molecule has 0 saturated heterocycles. The summed E-state index contributed by atoms with van der Waals surface area (Å²) in [5.74, 6) is 0.680. The maximum atomic E-state index is 6.68. The summed E-state index contributed by atoms with van der Waals surface area (Å²) in [5.41, 5.74) is 14.5. The Kier molecular flexibility index (Phi) is 6.75. The predicted octanol–water partition coefficient (Wildman–Crippen LogP) is 14.4. The first-order valence-corrected chi connectivity index (χ1v) is 20.2. The van der Waals surface area contributed by atoms with Crippen molar-refractivity contribution in [3.05, 3.63) is 199 Å². The highest BCUT2D eigenvalue weighted by atomic mass is 16.3. The van der Waals surface area contributed by atoms with E-state index in [2.05, 4.69) is 187 Å². The zero-order valence-corrected chi connectivity index (χ0v) is 31.9. The van der Waals surface area contributed by atoms with Gasteiger partial charge in [0.05, 0.1) is 28.1 Å². The van der Waals surface area contributed by atoms with Gasteiger partial charge in [0, 0.05) is 50.2 Å². The predicted molar refractivity (Wildman–Crippen MR) is 243 cm³/mol. The molecule has 59 heavy (non-hydrogen) atoms. The zero-order valence-electron chi connectivity index (χ0n) is 31.9. The zero-order chi connectivity index (χ0) is 38.6. The molecule has 1 aliphatic rings. The summed E-state index contributed by atoms with van der Waals surface area (Å²) in [4.78, 5) is 11.3. The lowest BCUT2D eigenvalue weighted by molar-refractivity contribution is 0.669. The molecule has 0 aliphatic carbocycles. The van der Waals surface area contributed by atoms with Crippen molar-refractivity contribution in [3.8, 4) is 50.7 Å². The lowest BCUT2D eigenvalue weighted by atomic mass is 9.91. The minimum atomic E-state index is 0.648. The molecule has 0 N–H and O–H groups in total. The van der Waals surface area contributed by atoms with Gasteiger partial charge < -0.3 is 8.98 Å². The summed E-state index contributed by atoms with van der Waals surface area (Å²) >= 11 is 0. The number of hydrogen-bond acceptors (Lipinski definition) is 3. The Bertz CT molecular complexity index is 3700. The molecule has 0 amide bonds. The molecule has 3 aromatic heterocycles. The van der Waals surface area contributed by atoms with Crippen LogP contribution in [0.5, 0.6) is 0 Å². The van der Waals surface area contributed by atoms with E-state index in [4.69, 9.17) is 14.4 Å². The fraction of sp³-hybridized carbons (Fsp3) is 0.0182. The number of para-hydroxylation sites is 1. The van der Waals surface area contributed by atoms with E-state index in [0.29, 0.717) is 12.2 Å². The fourth-order valence-corrected chi connectivity index (χ4v) is 9.58. The number of rotatable bonds is 3. The van der Waals surface area contributed by atoms with Gasteiger partial charge in [-0.2, -0.15) is 0 Å². The monoisotopic (exact) mass is 751 g/mol. The van der Waals surface area contributed by atoms with Crippen LogP contribution >= 0.6 is 0 Å². The minimum absolute atomic E-state index is 0.648. The van der Waals surface area contributed by atoms with E-state index < -0.39 is 0 Å². The first kappa shape index (κ1) is 32.3. The molecule has 9 aromatic carbocycles. The van der Waals surface area contributed by atoms with E-state index in [9.17, 15) is 0 Å². The summed E-state index contributed by atoms with van der Waals surface area (Å²) < 4.78 is 9.16. The highest BCUT2D eigenvalue weighted by Crippen LogP contribution is 2.46. The molecular weight excluding hydrogens is 719 g/mol. The molecule has 2 bridgehead atoms. The highest BCUT2D eigenvalue weighted by Gasteiger charge is 2.27. The minimum Gasteiger partial charge on any atom is -0.456 e. The second-order valence-electron chi connectivity index (χ2n) is 15.7. The van der Waals surface area contributed by atoms with Gasteiger partial charge in [-0.25, -0.2) is 9.97 Å². The van der Waals surface area contributed by atoms with Crippen LogP contribution in [0.1, 0.15) is 11.1 Å². The Morgan fingerprint density at radius 1 is 0.407 bits per heavy atom. The van der Waals surface area contributed by atoms with Crippen molar-refractivity contribution in [2.24, 2.45) is 0 Å². The molecule has 0 saturated carbocycles. The molecule has 0 spiro atoms. The van der Waals surface area contributed by atoms with Crippen LogP contribution in [0, 0.1) is 0 Å². The molecule has 0 unspecified atom stereocenters. The van der Waals surface area contributed by atoms with Crippen molar-refractivity contribution in [1.82, 2.24) is 14.5 Å². The molecular formula is C55H33N3O. The van der Waals surface area contributed by atoms with Crippen molar-refractivity contribution >= 4 is 65.3 Å². The third-order valence-electron chi connectivity index (χ3n) is 12.3. The number of hydrogen-bond donors (Lipinski definition) is 0. The van der Waals surface area contributed by atoms with E-state index in [-0.39, 0.29) is 0 Å². The van der Waals surface area contributed by atoms with Crippen molar-refractivity contribution in [3.63, 3.8) is 0 Å². The number of fused-ring (bicyclic) bond motifs is 13. The average molecular weight is 752 g/mol. The van der Waals surface area contributed by atoms with Crippen LogP contribution in [0.3, 0.4) is 0 Å². The highest BCUT2D eigenvalue weighted by molar-refractivity contribution is 6.15. The van der Waals surface area contributed by atoms with Gasteiger partial charge in [-0.1, -0.05) is 146 Å². The number of nitrogens with zero attached hydrogens (tertiary/aromatic N) is 3. The molecule has 0 atom stereocenters. The van der Waals surface area contributed by atoms with Gasteiger partial charge >= 0.3 is 0 Å². The number of benzene rings is 9. The van der Waals surface area contributed by atoms with Gasteiger partial charge in [-0.15, -0.1) is 0 Å². The number of aromatic nitrogens is 3. The second-order valence-corrected chi connectivity index (χ2v) is 15.7. The van der Waals surface area contributed by atoms with Crippen LogP contribution in [-0.4, -0.2) is 14.5 Å². The lowest BCUT2D eigenvalue weighted by Gasteiger charge is -2.19. The molecule has 274 valence electrons. The summed E-state index contributed by atoms with van der Waals surface area (Å²) in [5, 5.41) is 9.39. The molecule has 1 aliphatic heterocycles. The first-order chi connectivity index (χ1) is 29.2. The van der Waals surface area contributed by atoms with E-state index in [0.717, 1.165) is 83.3 Å². The Morgan fingerprint density at radius 3 is 1.97 bits per heavy atom. The van der Waals surface area contributed by atoms with Gasteiger partial charge in [0.25, 0.3) is 0 Å². The molecule has 4 heteroatoms. The molecule has 13 rings (SSSR count). The molecule has 4 nitrogen and oxygen atoms in total. The average Bonchev–Trinajstić information content (AvgIpc) is 3.82. The normalized spacial score (nSPS) is 12.3. The van der Waals surface area contributed by atoms with Crippen molar-refractivity contribution in [2.75, 3.05) is 0 Å². The van der Waals surface area contributed by atoms with E-state index >= 15 is 0 Å². The lowest BCUT2D eigenvalue weighted by Crippen LogP contribution is -2.06. The SMILES string of the molecule is c1ccc(-c2cccc(-c3nc4c(c(-c5cccc6ccccc56)n3)Cc3ccc5c6cc7ccccc7cc6n(c5c3)-c3cc5c(cc3-4)oc3ccccc35)c2)cc1. The maximum Gasteiger partial charge on any atom is 0.160 e. The number of furan rings is 1. The van der Waals surface area contributed by atoms with E-state index in [1.165, 1.54) is 38.0 Å². The largest absolute Gasteiger partial charge is 0.456 e. The third kappa shape index (κ3) is 4.90. The Labute approximate surface area is 339 Å². The van der Waals surface area contributed by atoms with Crippen LogP contribution in [-0.2, 0) is 6.42 Å². The van der Waals surface area contributed by atoms with E-state index in [1.54, 1.807) is 0 Å². The van der Waals surface area contributed by atoms with Crippen LogP contribution in [0.15, 0.2) is 192 Å². The summed E-state index contributed by atoms with van der Waals surface area (Å²) in [6.07, 6.45) is 0.648. The van der Waals surface area contributed by atoms with Crippen molar-refractivity contribution < 1.29 is 4.42 Å². The van der Waals surface area contributed by atoms with Gasteiger partial charge in [0.1, 0.15) is 11.2 Å². The molecule has 4 heterocycles. The second kappa shape index (κ2) is 12.3. The standard InChI is InChI=1S/C55H33N3O/c1-2-12-34(13-3-1)36-18-10-19-39(28-36)55-56-53(43-22-11-17-35-14-6-7-20-40(35)43)47-26-33-24-25-41-44-29-37-15-4-5-16-38(37)30-49(44)58(48(41)27-33)50-31-45-42-21-8-9-23-51(42)59-52(45)32-46(50)54(47)57-55/h1-25,27-32H,26H2. The van der Waals surface area contributed by atoms with Crippen LogP contribution in [0.2, 0.25) is 0 Å². The van der Waals surface area contributed by atoms with Crippen LogP contribution in [0.25, 0.3) is 116 Å². The summed E-state index contributed by atoms with van der Waals surface area (Å²) in [6.45, 7) is 0. The molecule has 12 aromatic rings. The smallest absolute Gasteiger partial charge is 0.160 e. The summed E-state index contributed by atoms with van der Waals surface area (Å²) in [7, 11) is 0. The van der Waals surface area contributed by atoms with E-state index in [1.807, 2.05) is 6.07 Å². The van der Waals surface area contributed by atoms with Crippen molar-refractivity contribution in [2.45, 2.75) is 6.42 Å². The molecule has 0 radical (unpaired) electrons. The Hall–Kier alpha value is -7.82. The summed E-state index contributed by atoms with van der Waals surface area (Å²) in [6, 6.07) is 67.6. The topological polar surface area (TPSA) is 43.9 Å². The van der Waals surface area contributed by atoms with Gasteiger partial charge in [0.15, 0.2) is 5.82 Å². The van der Waals surface area contributed by atoms with Crippen molar-refractivity contribution in [1.29, 1.82) is 0 Å². The van der Waals surface area contributed by atoms with Crippen LogP contribution < -0.4 is 0 Å². The third-order valence-corrected chi connectivity index (χ3v) is 12.3. The van der Waals surface area contributed by atoms with Gasteiger partial charge in [-0.05, 0) is 80.7 Å². The quantitative estimate of drug-likeness (QED) is 0.181. The molecule has 0 fully saturated rings. The fourth-order valence-electron chi connectivity index (χ4n) is 9.58. The Morgan fingerprint density at radius 2 is 1.08 bits per heavy atom. The van der Waals surface area contributed by atoms with Crippen LogP contribution in [0.4, 0.5) is 0 Å². The maximum absolute atomic E-state index is 6.68. The Balaban J connectivity index is 1.20. The first-order valence-electron chi connectivity index (χ1n) is 20.2.